The van der Waals surface area contributed by atoms with E-state index in [1.54, 1.807) is 0 Å². The number of rotatable bonds is 5. The van der Waals surface area contributed by atoms with Crippen molar-refractivity contribution in [2.75, 3.05) is 6.61 Å². The van der Waals surface area contributed by atoms with Crippen LogP contribution in [0.25, 0.3) is 0 Å². The minimum absolute atomic E-state index is 0.0494. The first-order chi connectivity index (χ1) is 18.7. The molecule has 0 spiro atoms. The number of oxime groups is 1. The second kappa shape index (κ2) is 9.80. The zero-order chi connectivity index (χ0) is 29.3. The van der Waals surface area contributed by atoms with Crippen LogP contribution in [0.4, 0.5) is 0 Å². The molecule has 0 radical (unpaired) electrons. The lowest BCUT2D eigenvalue weighted by Crippen LogP contribution is -2.67. The van der Waals surface area contributed by atoms with Crippen molar-refractivity contribution in [3.8, 4) is 0 Å². The molecule has 222 valence electrons. The van der Waals surface area contributed by atoms with Crippen molar-refractivity contribution in [3.63, 3.8) is 0 Å². The van der Waals surface area contributed by atoms with Gasteiger partial charge in [-0.2, -0.15) is 0 Å². The zero-order valence-electron chi connectivity index (χ0n) is 25.9. The first-order valence-electron chi connectivity index (χ1n) is 15.7. The van der Waals surface area contributed by atoms with Gasteiger partial charge in [-0.05, 0) is 117 Å². The monoisotopic (exact) mass is 553 g/mol. The SMILES string of the molecule is C=C(C)[C@@H]1CC[C@]2(C=O)CC[C@]3(C)[C@H](CC[C@@H]4[C@@]5(C)CCC(=NOC(C)=O)[C@@](C)(COC(C)=O)[C@@H]5CC[C@]43C)[C@@H]12. The molecular weight excluding hydrogens is 502 g/mol. The van der Waals surface area contributed by atoms with Crippen LogP contribution in [0.3, 0.4) is 0 Å². The molecule has 5 saturated carbocycles. The van der Waals surface area contributed by atoms with Crippen LogP contribution in [0.5, 0.6) is 0 Å². The van der Waals surface area contributed by atoms with E-state index in [9.17, 15) is 14.4 Å². The number of fused-ring (bicyclic) bond motifs is 7. The van der Waals surface area contributed by atoms with Gasteiger partial charge in [0.05, 0.1) is 5.71 Å². The van der Waals surface area contributed by atoms with Crippen LogP contribution in [0.1, 0.15) is 113 Å². The molecule has 6 nitrogen and oxygen atoms in total. The minimum atomic E-state index is -0.483. The summed E-state index contributed by atoms with van der Waals surface area (Å²) >= 11 is 0. The van der Waals surface area contributed by atoms with Crippen molar-refractivity contribution in [1.82, 2.24) is 0 Å². The molecule has 5 aliphatic carbocycles. The molecule has 40 heavy (non-hydrogen) atoms. The molecule has 6 heteroatoms. The maximum atomic E-state index is 12.7. The summed E-state index contributed by atoms with van der Waals surface area (Å²) in [5, 5.41) is 4.35. The van der Waals surface area contributed by atoms with E-state index >= 15 is 0 Å². The van der Waals surface area contributed by atoms with Crippen LogP contribution in [0, 0.1) is 56.7 Å². The predicted molar refractivity (Wildman–Crippen MR) is 155 cm³/mol. The lowest BCUT2D eigenvalue weighted by molar-refractivity contribution is -0.228. The molecule has 0 aromatic carbocycles. The highest BCUT2D eigenvalue weighted by molar-refractivity contribution is 5.91. The fraction of sp³-hybridized carbons (Fsp3) is 0.824. The molecule has 5 rings (SSSR count). The van der Waals surface area contributed by atoms with E-state index in [0.717, 1.165) is 69.9 Å². The Morgan fingerprint density at radius 3 is 2.25 bits per heavy atom. The van der Waals surface area contributed by atoms with Gasteiger partial charge in [0.2, 0.25) is 0 Å². The molecule has 0 unspecified atom stereocenters. The first kappa shape index (κ1) is 29.5. The highest BCUT2D eigenvalue weighted by Gasteiger charge is 2.71. The summed E-state index contributed by atoms with van der Waals surface area (Å²) in [7, 11) is 0. The molecular formula is C34H51NO5. The number of carbonyl (C=O) groups excluding carboxylic acids is 3. The summed E-state index contributed by atoms with van der Waals surface area (Å²) in [5.74, 6) is 1.47. The third-order valence-electron chi connectivity index (χ3n) is 13.8. The van der Waals surface area contributed by atoms with Crippen molar-refractivity contribution in [2.24, 2.45) is 61.8 Å². The summed E-state index contributed by atoms with van der Waals surface area (Å²) in [6.07, 6.45) is 11.8. The lowest BCUT2D eigenvalue weighted by atomic mass is 9.32. The smallest absolute Gasteiger partial charge is 0.331 e. The summed E-state index contributed by atoms with van der Waals surface area (Å²) < 4.78 is 5.69. The van der Waals surface area contributed by atoms with Crippen LogP contribution in [0.15, 0.2) is 17.3 Å². The zero-order valence-corrected chi connectivity index (χ0v) is 25.9. The molecule has 0 bridgehead atoms. The van der Waals surface area contributed by atoms with Gasteiger partial charge in [0.25, 0.3) is 0 Å². The number of hydrogen-bond donors (Lipinski definition) is 0. The summed E-state index contributed by atoms with van der Waals surface area (Å²) in [4.78, 5) is 41.5. The highest BCUT2D eigenvalue weighted by Crippen LogP contribution is 2.77. The lowest BCUT2D eigenvalue weighted by Gasteiger charge is -2.72. The molecule has 0 N–H and O–H groups in total. The van der Waals surface area contributed by atoms with E-state index < -0.39 is 11.4 Å². The summed E-state index contributed by atoms with van der Waals surface area (Å²) in [6, 6.07) is 0. The van der Waals surface area contributed by atoms with Gasteiger partial charge in [-0.15, -0.1) is 0 Å². The molecule has 10 atom stereocenters. The van der Waals surface area contributed by atoms with Gasteiger partial charge in [-0.3, -0.25) is 4.79 Å². The second-order valence-corrected chi connectivity index (χ2v) is 15.4. The second-order valence-electron chi connectivity index (χ2n) is 15.4. The Balaban J connectivity index is 1.53. The molecule has 0 heterocycles. The topological polar surface area (TPSA) is 82.0 Å². The van der Waals surface area contributed by atoms with E-state index in [4.69, 9.17) is 9.57 Å². The van der Waals surface area contributed by atoms with Crippen LogP contribution in [-0.2, 0) is 24.0 Å². The Labute approximate surface area is 241 Å². The number of aldehydes is 1. The van der Waals surface area contributed by atoms with E-state index in [1.165, 1.54) is 25.7 Å². The average molecular weight is 554 g/mol. The maximum Gasteiger partial charge on any atom is 0.331 e. The fourth-order valence-corrected chi connectivity index (χ4v) is 11.7. The van der Waals surface area contributed by atoms with Gasteiger partial charge in [0.15, 0.2) is 0 Å². The van der Waals surface area contributed by atoms with E-state index in [1.807, 2.05) is 0 Å². The van der Waals surface area contributed by atoms with Crippen molar-refractivity contribution in [3.05, 3.63) is 12.2 Å². The number of ether oxygens (including phenoxy) is 1. The molecule has 5 fully saturated rings. The standard InChI is InChI=1S/C34H51NO5/c1-21(2)24-11-16-34(19-36)18-17-32(7)25(29(24)34)9-10-27-30(5)14-13-28(35-40-23(4)38)31(6,20-39-22(3)37)26(30)12-15-33(27,32)8/h19,24-27,29H,1,9-18,20H2,2-8H3/t24-,25+,26+,27+,29+,30-,31-,32+,33+,34+/m0/s1. The highest BCUT2D eigenvalue weighted by atomic mass is 16.7. The van der Waals surface area contributed by atoms with Crippen molar-refractivity contribution >= 4 is 23.9 Å². The first-order valence-corrected chi connectivity index (χ1v) is 15.7. The number of hydrogen-bond acceptors (Lipinski definition) is 6. The third kappa shape index (κ3) is 4.01. The summed E-state index contributed by atoms with van der Waals surface area (Å²) in [6.45, 7) is 19.5. The molecule has 0 saturated heterocycles. The molecule has 0 aliphatic heterocycles. The van der Waals surface area contributed by atoms with Crippen molar-refractivity contribution < 1.29 is 24.0 Å². The van der Waals surface area contributed by atoms with Crippen molar-refractivity contribution in [2.45, 2.75) is 113 Å². The Hall–Kier alpha value is -1.98. The predicted octanol–water partition coefficient (Wildman–Crippen LogP) is 7.31. The molecule has 0 aromatic rings. The average Bonchev–Trinajstić information content (AvgIpc) is 3.28. The molecule has 0 amide bonds. The Morgan fingerprint density at radius 1 is 0.900 bits per heavy atom. The van der Waals surface area contributed by atoms with Crippen molar-refractivity contribution in [1.29, 1.82) is 0 Å². The number of esters is 1. The third-order valence-corrected chi connectivity index (χ3v) is 13.8. The van der Waals surface area contributed by atoms with E-state index in [0.29, 0.717) is 23.7 Å². The minimum Gasteiger partial charge on any atom is -0.465 e. The molecule has 0 aromatic heterocycles. The Bertz CT molecular complexity index is 1130. The van der Waals surface area contributed by atoms with Crippen LogP contribution >= 0.6 is 0 Å². The molecule has 5 aliphatic rings. The Kier molecular flexibility index (Phi) is 7.23. The number of carbonyl (C=O) groups is 3. The Morgan fingerprint density at radius 2 is 1.62 bits per heavy atom. The summed E-state index contributed by atoms with van der Waals surface area (Å²) in [5.41, 5.74) is 1.82. The maximum absolute atomic E-state index is 12.7. The largest absolute Gasteiger partial charge is 0.465 e. The van der Waals surface area contributed by atoms with Crippen LogP contribution in [0.2, 0.25) is 0 Å². The van der Waals surface area contributed by atoms with Gasteiger partial charge >= 0.3 is 11.9 Å². The van der Waals surface area contributed by atoms with Crippen LogP contribution < -0.4 is 0 Å². The van der Waals surface area contributed by atoms with Gasteiger partial charge in [-0.25, -0.2) is 4.79 Å². The van der Waals surface area contributed by atoms with Gasteiger partial charge < -0.3 is 14.4 Å². The van der Waals surface area contributed by atoms with Gasteiger partial charge in [0, 0.05) is 24.7 Å². The number of allylic oxidation sites excluding steroid dienone is 1. The quantitative estimate of drug-likeness (QED) is 0.117. The van der Waals surface area contributed by atoms with E-state index in [2.05, 4.69) is 46.4 Å². The van der Waals surface area contributed by atoms with E-state index in [-0.39, 0.29) is 40.2 Å². The van der Waals surface area contributed by atoms with Crippen LogP contribution in [-0.4, -0.2) is 30.5 Å². The fourth-order valence-electron chi connectivity index (χ4n) is 11.7. The van der Waals surface area contributed by atoms with Gasteiger partial charge in [-0.1, -0.05) is 45.0 Å². The van der Waals surface area contributed by atoms with Gasteiger partial charge in [0.1, 0.15) is 12.9 Å². The normalized spacial score (nSPS) is 48.7. The number of nitrogens with zero attached hydrogens (tertiary/aromatic N) is 1.